The quantitative estimate of drug-likeness (QED) is 0.335. The second-order valence-electron chi connectivity index (χ2n) is 7.40. The molecule has 0 aliphatic carbocycles. The molecular formula is C22H16F3N3O4. The van der Waals surface area contributed by atoms with Crippen molar-refractivity contribution in [1.82, 2.24) is 4.57 Å². The number of rotatable bonds is 3. The van der Waals surface area contributed by atoms with E-state index >= 15 is 0 Å². The number of nitro groups is 1. The van der Waals surface area contributed by atoms with Crippen LogP contribution in [0.25, 0.3) is 0 Å². The van der Waals surface area contributed by atoms with Gasteiger partial charge in [-0.2, -0.15) is 13.2 Å². The van der Waals surface area contributed by atoms with E-state index in [0.717, 1.165) is 6.07 Å². The van der Waals surface area contributed by atoms with Crippen LogP contribution in [0.2, 0.25) is 0 Å². The van der Waals surface area contributed by atoms with E-state index in [1.165, 1.54) is 33.7 Å². The van der Waals surface area contributed by atoms with Crippen LogP contribution in [-0.4, -0.2) is 27.4 Å². The van der Waals surface area contributed by atoms with Gasteiger partial charge in [0.1, 0.15) is 0 Å². The smallest absolute Gasteiger partial charge is 0.336 e. The molecule has 0 saturated heterocycles. The van der Waals surface area contributed by atoms with E-state index in [9.17, 15) is 32.9 Å². The van der Waals surface area contributed by atoms with Crippen LogP contribution in [0.3, 0.4) is 0 Å². The number of alkyl halides is 3. The number of nitrogens with zero attached hydrogens (tertiary/aromatic N) is 3. The molecular weight excluding hydrogens is 427 g/mol. The van der Waals surface area contributed by atoms with Gasteiger partial charge in [0.25, 0.3) is 17.4 Å². The summed E-state index contributed by atoms with van der Waals surface area (Å²) in [4.78, 5) is 37.2. The van der Waals surface area contributed by atoms with Crippen molar-refractivity contribution in [2.45, 2.75) is 26.2 Å². The van der Waals surface area contributed by atoms with E-state index in [1.54, 1.807) is 31.2 Å². The van der Waals surface area contributed by atoms with Crippen molar-refractivity contribution in [1.29, 1.82) is 0 Å². The van der Waals surface area contributed by atoms with Crippen molar-refractivity contribution < 1.29 is 27.7 Å². The van der Waals surface area contributed by atoms with Crippen LogP contribution in [0.15, 0.2) is 54.6 Å². The van der Waals surface area contributed by atoms with Crippen molar-refractivity contribution >= 4 is 23.1 Å². The van der Waals surface area contributed by atoms with E-state index in [1.807, 2.05) is 0 Å². The van der Waals surface area contributed by atoms with Gasteiger partial charge < -0.3 is 9.47 Å². The molecule has 0 fully saturated rings. The molecule has 32 heavy (non-hydrogen) atoms. The third kappa shape index (κ3) is 3.64. The van der Waals surface area contributed by atoms with Crippen LogP contribution >= 0.6 is 0 Å². The Kier molecular flexibility index (Phi) is 5.08. The molecule has 7 nitrogen and oxygen atoms in total. The number of Topliss-reactive ketones (excluding diaryl/α,β-unsaturated/α-hetero) is 1. The van der Waals surface area contributed by atoms with E-state index < -0.39 is 28.5 Å². The molecule has 2 aromatic carbocycles. The van der Waals surface area contributed by atoms with Crippen LogP contribution in [0.5, 0.6) is 0 Å². The summed E-state index contributed by atoms with van der Waals surface area (Å²) < 4.78 is 40.5. The number of ketones is 1. The Morgan fingerprint density at radius 1 is 1.03 bits per heavy atom. The van der Waals surface area contributed by atoms with Gasteiger partial charge in [0.05, 0.1) is 23.7 Å². The maximum Gasteiger partial charge on any atom is 0.456 e. The first kappa shape index (κ1) is 21.3. The van der Waals surface area contributed by atoms with Gasteiger partial charge in [-0.25, -0.2) is 0 Å². The zero-order chi connectivity index (χ0) is 23.2. The molecule has 1 aliphatic rings. The molecule has 0 N–H and O–H groups in total. The van der Waals surface area contributed by atoms with E-state index in [2.05, 4.69) is 0 Å². The number of carbonyl (C=O) groups is 2. The van der Waals surface area contributed by atoms with Gasteiger partial charge in [0.15, 0.2) is 0 Å². The lowest BCUT2D eigenvalue weighted by Crippen LogP contribution is -2.31. The normalized spacial score (nSPS) is 13.2. The fraction of sp³-hybridized carbons (Fsp3) is 0.182. The summed E-state index contributed by atoms with van der Waals surface area (Å²) in [5, 5.41) is 11.0. The summed E-state index contributed by atoms with van der Waals surface area (Å²) in [7, 11) is 0. The molecule has 0 atom stereocenters. The summed E-state index contributed by atoms with van der Waals surface area (Å²) in [6.45, 7) is 1.49. The van der Waals surface area contributed by atoms with Crippen molar-refractivity contribution in [2.75, 3.05) is 4.90 Å². The summed E-state index contributed by atoms with van der Waals surface area (Å²) in [5.74, 6) is -2.41. The maximum absolute atomic E-state index is 13.4. The lowest BCUT2D eigenvalue weighted by molar-refractivity contribution is -0.384. The first-order chi connectivity index (χ1) is 15.1. The summed E-state index contributed by atoms with van der Waals surface area (Å²) in [6, 6.07) is 13.1. The van der Waals surface area contributed by atoms with Gasteiger partial charge in [-0.05, 0) is 42.3 Å². The molecule has 0 spiro atoms. The Bertz CT molecular complexity index is 1260. The highest BCUT2D eigenvalue weighted by Gasteiger charge is 2.42. The molecule has 1 amide bonds. The monoisotopic (exact) mass is 443 g/mol. The average molecular weight is 443 g/mol. The topological polar surface area (TPSA) is 85.5 Å². The molecule has 1 aromatic heterocycles. The lowest BCUT2D eigenvalue weighted by atomic mass is 10.1. The summed E-state index contributed by atoms with van der Waals surface area (Å²) in [6.07, 6.45) is -5.02. The van der Waals surface area contributed by atoms with Crippen LogP contribution in [0.1, 0.15) is 37.7 Å². The van der Waals surface area contributed by atoms with Gasteiger partial charge in [-0.15, -0.1) is 0 Å². The number of halogens is 3. The maximum atomic E-state index is 13.4. The summed E-state index contributed by atoms with van der Waals surface area (Å²) in [5.41, 5.74) is 1.39. The number of aromatic nitrogens is 1. The Morgan fingerprint density at radius 3 is 2.41 bits per heavy atom. The Balaban J connectivity index is 1.80. The Labute approximate surface area is 179 Å². The minimum Gasteiger partial charge on any atom is -0.336 e. The molecule has 3 aromatic rings. The average Bonchev–Trinajstić information content (AvgIpc) is 3.04. The number of nitro benzene ring substituents is 1. The molecule has 10 heteroatoms. The minimum absolute atomic E-state index is 0.0152. The SMILES string of the molecule is Cc1cc([N+](=O)[O-])ccc1C(=O)N1Cc2ccc(C(=O)C(F)(F)F)n2Cc2ccccc21. The van der Waals surface area contributed by atoms with Crippen LogP contribution in [-0.2, 0) is 13.1 Å². The van der Waals surface area contributed by atoms with Gasteiger partial charge in [0.2, 0.25) is 0 Å². The number of hydrogen-bond acceptors (Lipinski definition) is 4. The van der Waals surface area contributed by atoms with Crippen LogP contribution in [0, 0.1) is 17.0 Å². The van der Waals surface area contributed by atoms with Crippen molar-refractivity contribution in [3.05, 3.63) is 92.8 Å². The number of anilines is 1. The van der Waals surface area contributed by atoms with Crippen molar-refractivity contribution in [3.63, 3.8) is 0 Å². The van der Waals surface area contributed by atoms with Crippen LogP contribution < -0.4 is 4.90 Å². The molecule has 0 radical (unpaired) electrons. The van der Waals surface area contributed by atoms with E-state index in [-0.39, 0.29) is 24.3 Å². The fourth-order valence-electron chi connectivity index (χ4n) is 3.83. The van der Waals surface area contributed by atoms with Crippen molar-refractivity contribution in [3.8, 4) is 0 Å². The van der Waals surface area contributed by atoms with Crippen LogP contribution in [0.4, 0.5) is 24.5 Å². The number of non-ortho nitro benzene ring substituents is 1. The number of hydrogen-bond donors (Lipinski definition) is 0. The van der Waals surface area contributed by atoms with Gasteiger partial charge >= 0.3 is 6.18 Å². The zero-order valence-corrected chi connectivity index (χ0v) is 16.7. The standard InChI is InChI=1S/C22H16F3N3O4/c1-13-10-15(28(31)32)6-8-17(13)21(30)27-12-16-7-9-19(20(29)22(23,24)25)26(16)11-14-4-2-3-5-18(14)27/h2-10H,11-12H2,1H3. The number of carbonyl (C=O) groups excluding carboxylic acids is 2. The molecule has 0 unspecified atom stereocenters. The molecule has 0 bridgehead atoms. The molecule has 4 rings (SSSR count). The second-order valence-corrected chi connectivity index (χ2v) is 7.40. The van der Waals surface area contributed by atoms with E-state index in [0.29, 0.717) is 22.5 Å². The molecule has 2 heterocycles. The van der Waals surface area contributed by atoms with Gasteiger partial charge in [-0.1, -0.05) is 18.2 Å². The number of benzene rings is 2. The minimum atomic E-state index is -5.02. The number of aryl methyl sites for hydroxylation is 1. The van der Waals surface area contributed by atoms with Gasteiger partial charge in [0, 0.05) is 29.1 Å². The predicted octanol–water partition coefficient (Wildman–Crippen LogP) is 4.66. The molecule has 164 valence electrons. The second kappa shape index (κ2) is 7.63. The third-order valence-electron chi connectivity index (χ3n) is 5.39. The molecule has 1 aliphatic heterocycles. The fourth-order valence-corrected chi connectivity index (χ4v) is 3.83. The van der Waals surface area contributed by atoms with Gasteiger partial charge in [-0.3, -0.25) is 19.7 Å². The number of fused-ring (bicyclic) bond motifs is 2. The highest BCUT2D eigenvalue weighted by Crippen LogP contribution is 2.32. The zero-order valence-electron chi connectivity index (χ0n) is 16.7. The Morgan fingerprint density at radius 2 is 1.75 bits per heavy atom. The highest BCUT2D eigenvalue weighted by molar-refractivity contribution is 6.07. The highest BCUT2D eigenvalue weighted by atomic mass is 19.4. The first-order valence-electron chi connectivity index (χ1n) is 9.52. The largest absolute Gasteiger partial charge is 0.456 e. The lowest BCUT2D eigenvalue weighted by Gasteiger charge is -2.23. The van der Waals surface area contributed by atoms with E-state index in [4.69, 9.17) is 0 Å². The Hall–Kier alpha value is -3.95. The number of amides is 1. The predicted molar refractivity (Wildman–Crippen MR) is 109 cm³/mol. The summed E-state index contributed by atoms with van der Waals surface area (Å²) >= 11 is 0. The molecule has 0 saturated carbocycles. The first-order valence-corrected chi connectivity index (χ1v) is 9.52. The third-order valence-corrected chi connectivity index (χ3v) is 5.39. The van der Waals surface area contributed by atoms with Crippen molar-refractivity contribution in [2.24, 2.45) is 0 Å². The number of para-hydroxylation sites is 1.